The number of aryl methyl sites for hydroxylation is 1. The van der Waals surface area contributed by atoms with E-state index >= 15 is 0 Å². The second-order valence-corrected chi connectivity index (χ2v) is 3.80. The zero-order chi connectivity index (χ0) is 12.1. The van der Waals surface area contributed by atoms with E-state index in [1.54, 1.807) is 0 Å². The molecule has 0 radical (unpaired) electrons. The molecule has 0 amide bonds. The highest BCUT2D eigenvalue weighted by Gasteiger charge is 2.15. The number of hydrogen-bond acceptors (Lipinski definition) is 2. The molecule has 1 aromatic rings. The summed E-state index contributed by atoms with van der Waals surface area (Å²) >= 11 is 0. The van der Waals surface area contributed by atoms with Gasteiger partial charge in [0.15, 0.2) is 0 Å². The van der Waals surface area contributed by atoms with Crippen LogP contribution in [0.15, 0.2) is 24.4 Å². The highest BCUT2D eigenvalue weighted by atomic mass is 16.5. The molecule has 0 bridgehead atoms. The Labute approximate surface area is 96.7 Å². The van der Waals surface area contributed by atoms with Crippen molar-refractivity contribution in [3.05, 3.63) is 35.7 Å². The van der Waals surface area contributed by atoms with Crippen LogP contribution in [0.3, 0.4) is 0 Å². The average Bonchev–Trinajstić information content (AvgIpc) is 2.60. The van der Waals surface area contributed by atoms with Crippen molar-refractivity contribution in [2.45, 2.75) is 33.7 Å². The lowest BCUT2D eigenvalue weighted by atomic mass is 10.2. The van der Waals surface area contributed by atoms with E-state index in [1.165, 1.54) is 0 Å². The Morgan fingerprint density at radius 3 is 2.75 bits per heavy atom. The third kappa shape index (κ3) is 2.75. The molecule has 1 rings (SSSR count). The van der Waals surface area contributed by atoms with Crippen molar-refractivity contribution in [1.29, 1.82) is 0 Å². The Kier molecular flexibility index (Phi) is 4.35. The Morgan fingerprint density at radius 2 is 2.19 bits per heavy atom. The zero-order valence-electron chi connectivity index (χ0n) is 10.2. The Morgan fingerprint density at radius 1 is 1.50 bits per heavy atom. The number of rotatable bonds is 5. The van der Waals surface area contributed by atoms with Gasteiger partial charge in [-0.05, 0) is 31.9 Å². The molecule has 1 heterocycles. The summed E-state index contributed by atoms with van der Waals surface area (Å²) in [6.45, 7) is 10.8. The highest BCUT2D eigenvalue weighted by Crippen LogP contribution is 2.14. The molecule has 0 aliphatic rings. The molecule has 3 nitrogen and oxygen atoms in total. The summed E-state index contributed by atoms with van der Waals surface area (Å²) in [4.78, 5) is 11.7. The molecular weight excluding hydrogens is 202 g/mol. The largest absolute Gasteiger partial charge is 0.461 e. The van der Waals surface area contributed by atoms with Gasteiger partial charge >= 0.3 is 5.97 Å². The van der Waals surface area contributed by atoms with Crippen molar-refractivity contribution in [3.63, 3.8) is 0 Å². The van der Waals surface area contributed by atoms with Gasteiger partial charge in [-0.1, -0.05) is 19.1 Å². The van der Waals surface area contributed by atoms with Crippen LogP contribution in [0.4, 0.5) is 0 Å². The topological polar surface area (TPSA) is 31.2 Å². The Hall–Kier alpha value is -1.51. The van der Waals surface area contributed by atoms with Crippen LogP contribution < -0.4 is 0 Å². The lowest BCUT2D eigenvalue weighted by molar-refractivity contribution is 0.0513. The fourth-order valence-electron chi connectivity index (χ4n) is 1.54. The van der Waals surface area contributed by atoms with Crippen molar-refractivity contribution in [2.75, 3.05) is 6.61 Å². The van der Waals surface area contributed by atoms with Crippen LogP contribution in [-0.4, -0.2) is 17.1 Å². The summed E-state index contributed by atoms with van der Waals surface area (Å²) in [6, 6.07) is 1.93. The average molecular weight is 221 g/mol. The first-order valence-electron chi connectivity index (χ1n) is 5.59. The Balaban J connectivity index is 2.93. The van der Waals surface area contributed by atoms with Gasteiger partial charge in [-0.25, -0.2) is 4.79 Å². The number of aromatic nitrogens is 1. The van der Waals surface area contributed by atoms with E-state index in [-0.39, 0.29) is 5.97 Å². The number of nitrogens with zero attached hydrogens (tertiary/aromatic N) is 1. The third-order valence-corrected chi connectivity index (χ3v) is 2.53. The predicted molar refractivity (Wildman–Crippen MR) is 64.6 cm³/mol. The molecule has 3 heteroatoms. The maximum atomic E-state index is 11.7. The number of carbonyl (C=O) groups excluding carboxylic acids is 1. The van der Waals surface area contributed by atoms with Gasteiger partial charge in [0, 0.05) is 12.7 Å². The molecule has 0 atom stereocenters. The minimum absolute atomic E-state index is 0.256. The summed E-state index contributed by atoms with van der Waals surface area (Å²) < 4.78 is 6.94. The third-order valence-electron chi connectivity index (χ3n) is 2.53. The van der Waals surface area contributed by atoms with Gasteiger partial charge in [0.1, 0.15) is 5.69 Å². The van der Waals surface area contributed by atoms with Crippen LogP contribution in [0.2, 0.25) is 0 Å². The molecule has 0 aliphatic carbocycles. The SMILES string of the molecule is C=C(CC)Cn1ccc(C)c1C(=O)OCC. The summed E-state index contributed by atoms with van der Waals surface area (Å²) in [7, 11) is 0. The first-order chi connectivity index (χ1) is 7.60. The number of carbonyl (C=O) groups is 1. The molecular formula is C13H19NO2. The minimum atomic E-state index is -0.256. The first-order valence-corrected chi connectivity index (χ1v) is 5.59. The fourth-order valence-corrected chi connectivity index (χ4v) is 1.54. The van der Waals surface area contributed by atoms with E-state index < -0.39 is 0 Å². The Bertz CT molecular complexity index is 391. The number of esters is 1. The van der Waals surface area contributed by atoms with Crippen molar-refractivity contribution >= 4 is 5.97 Å². The van der Waals surface area contributed by atoms with Gasteiger partial charge in [-0.2, -0.15) is 0 Å². The lowest BCUT2D eigenvalue weighted by Crippen LogP contribution is -2.13. The molecule has 1 aromatic heterocycles. The minimum Gasteiger partial charge on any atom is -0.461 e. The molecule has 88 valence electrons. The number of hydrogen-bond donors (Lipinski definition) is 0. The number of ether oxygens (including phenoxy) is 1. The van der Waals surface area contributed by atoms with Crippen LogP contribution in [-0.2, 0) is 11.3 Å². The van der Waals surface area contributed by atoms with Gasteiger partial charge in [0.2, 0.25) is 0 Å². The van der Waals surface area contributed by atoms with E-state index in [4.69, 9.17) is 4.74 Å². The molecule has 0 spiro atoms. The first kappa shape index (κ1) is 12.6. The van der Waals surface area contributed by atoms with Crippen LogP contribution in [0.25, 0.3) is 0 Å². The summed E-state index contributed by atoms with van der Waals surface area (Å²) in [5.41, 5.74) is 2.68. The van der Waals surface area contributed by atoms with Crippen LogP contribution in [0.5, 0.6) is 0 Å². The van der Waals surface area contributed by atoms with E-state index in [0.29, 0.717) is 18.8 Å². The van der Waals surface area contributed by atoms with E-state index in [9.17, 15) is 4.79 Å². The van der Waals surface area contributed by atoms with Crippen molar-refractivity contribution in [3.8, 4) is 0 Å². The molecule has 0 saturated carbocycles. The van der Waals surface area contributed by atoms with Crippen LogP contribution in [0.1, 0.15) is 36.3 Å². The summed E-state index contributed by atoms with van der Waals surface area (Å²) in [6.07, 6.45) is 2.82. The molecule has 16 heavy (non-hydrogen) atoms. The fraction of sp³-hybridized carbons (Fsp3) is 0.462. The highest BCUT2D eigenvalue weighted by molar-refractivity contribution is 5.89. The number of allylic oxidation sites excluding steroid dienone is 1. The normalized spacial score (nSPS) is 10.2. The monoisotopic (exact) mass is 221 g/mol. The standard InChI is InChI=1S/C13H19NO2/c1-5-10(3)9-14-8-7-11(4)12(14)13(15)16-6-2/h7-8H,3,5-6,9H2,1-2,4H3. The van der Waals surface area contributed by atoms with Gasteiger partial charge in [0.25, 0.3) is 0 Å². The zero-order valence-corrected chi connectivity index (χ0v) is 10.2. The predicted octanol–water partition coefficient (Wildman–Crippen LogP) is 2.94. The van der Waals surface area contributed by atoms with Crippen LogP contribution in [0, 0.1) is 6.92 Å². The second kappa shape index (κ2) is 5.54. The van der Waals surface area contributed by atoms with Gasteiger partial charge in [-0.15, -0.1) is 0 Å². The van der Waals surface area contributed by atoms with Gasteiger partial charge < -0.3 is 9.30 Å². The summed E-state index contributed by atoms with van der Waals surface area (Å²) in [5.74, 6) is -0.256. The van der Waals surface area contributed by atoms with Gasteiger partial charge in [-0.3, -0.25) is 0 Å². The van der Waals surface area contributed by atoms with E-state index in [2.05, 4.69) is 13.5 Å². The molecule has 0 unspecified atom stereocenters. The maximum Gasteiger partial charge on any atom is 0.355 e. The molecule has 0 saturated heterocycles. The second-order valence-electron chi connectivity index (χ2n) is 3.80. The molecule has 0 aromatic carbocycles. The van der Waals surface area contributed by atoms with E-state index in [0.717, 1.165) is 17.6 Å². The smallest absolute Gasteiger partial charge is 0.355 e. The van der Waals surface area contributed by atoms with Crippen molar-refractivity contribution in [1.82, 2.24) is 4.57 Å². The quantitative estimate of drug-likeness (QED) is 0.565. The van der Waals surface area contributed by atoms with Gasteiger partial charge in [0.05, 0.1) is 6.61 Å². The molecule has 0 fully saturated rings. The van der Waals surface area contributed by atoms with Crippen molar-refractivity contribution < 1.29 is 9.53 Å². The molecule has 0 aliphatic heterocycles. The maximum absolute atomic E-state index is 11.7. The van der Waals surface area contributed by atoms with Crippen molar-refractivity contribution in [2.24, 2.45) is 0 Å². The lowest BCUT2D eigenvalue weighted by Gasteiger charge is -2.10. The molecule has 0 N–H and O–H groups in total. The van der Waals surface area contributed by atoms with Crippen LogP contribution >= 0.6 is 0 Å². The van der Waals surface area contributed by atoms with E-state index in [1.807, 2.05) is 30.7 Å². The summed E-state index contributed by atoms with van der Waals surface area (Å²) in [5, 5.41) is 0.